The number of benzene rings is 2. The number of amides is 1. The van der Waals surface area contributed by atoms with Crippen molar-refractivity contribution in [3.05, 3.63) is 65.7 Å². The number of rotatable bonds is 5. The van der Waals surface area contributed by atoms with Crippen molar-refractivity contribution in [3.63, 3.8) is 0 Å². The molecule has 0 saturated carbocycles. The second-order valence-electron chi connectivity index (χ2n) is 4.77. The molecule has 0 spiro atoms. The van der Waals surface area contributed by atoms with Crippen molar-refractivity contribution in [3.8, 4) is 5.75 Å². The second kappa shape index (κ2) is 7.26. The summed E-state index contributed by atoms with van der Waals surface area (Å²) in [5.74, 6) is -1.31. The predicted octanol–water partition coefficient (Wildman–Crippen LogP) is 2.25. The van der Waals surface area contributed by atoms with E-state index in [9.17, 15) is 14.7 Å². The Morgan fingerprint density at radius 2 is 1.73 bits per heavy atom. The van der Waals surface area contributed by atoms with E-state index in [0.717, 1.165) is 5.56 Å². The molecule has 0 bridgehead atoms. The van der Waals surface area contributed by atoms with Crippen molar-refractivity contribution < 1.29 is 19.4 Å². The number of carbonyl (C=O) groups is 2. The Morgan fingerprint density at radius 3 is 2.41 bits per heavy atom. The first-order valence-electron chi connectivity index (χ1n) is 6.88. The summed E-state index contributed by atoms with van der Waals surface area (Å²) >= 11 is 0. The number of phenolic OH excluding ortho intramolecular Hbond substituents is 1. The lowest BCUT2D eigenvalue weighted by molar-refractivity contribution is -0.129. The molecule has 0 saturated heterocycles. The lowest BCUT2D eigenvalue weighted by Gasteiger charge is -2.14. The summed E-state index contributed by atoms with van der Waals surface area (Å²) in [5.41, 5.74) is 0.986. The highest BCUT2D eigenvalue weighted by Crippen LogP contribution is 2.17. The van der Waals surface area contributed by atoms with Crippen LogP contribution in [0.2, 0.25) is 0 Å². The Hall–Kier alpha value is -2.82. The third-order valence-corrected chi connectivity index (χ3v) is 3.09. The number of aromatic hydroxyl groups is 1. The summed E-state index contributed by atoms with van der Waals surface area (Å²) < 4.78 is 5.06. The van der Waals surface area contributed by atoms with Gasteiger partial charge in [-0.25, -0.2) is 4.79 Å². The Kier molecular flexibility index (Phi) is 5.14. The van der Waals surface area contributed by atoms with Crippen LogP contribution in [0.1, 0.15) is 22.8 Å². The van der Waals surface area contributed by atoms with Gasteiger partial charge in [-0.1, -0.05) is 42.5 Å². The van der Waals surface area contributed by atoms with Crippen LogP contribution in [-0.4, -0.2) is 23.1 Å². The van der Waals surface area contributed by atoms with Crippen LogP contribution in [0.15, 0.2) is 54.6 Å². The molecule has 114 valence electrons. The molecule has 5 heteroatoms. The van der Waals surface area contributed by atoms with E-state index in [0.29, 0.717) is 6.54 Å². The summed E-state index contributed by atoms with van der Waals surface area (Å²) in [6.45, 7) is 1.84. The fourth-order valence-corrected chi connectivity index (χ4v) is 1.85. The van der Waals surface area contributed by atoms with Gasteiger partial charge in [0, 0.05) is 6.54 Å². The molecule has 0 aliphatic heterocycles. The molecule has 22 heavy (non-hydrogen) atoms. The highest BCUT2D eigenvalue weighted by Gasteiger charge is 2.20. The van der Waals surface area contributed by atoms with Crippen molar-refractivity contribution in [2.75, 3.05) is 0 Å². The first-order chi connectivity index (χ1) is 10.6. The lowest BCUT2D eigenvalue weighted by atomic mass is 10.2. The van der Waals surface area contributed by atoms with E-state index in [1.54, 1.807) is 12.1 Å². The molecule has 0 heterocycles. The minimum atomic E-state index is -0.948. The van der Waals surface area contributed by atoms with Gasteiger partial charge in [0.2, 0.25) is 0 Å². The van der Waals surface area contributed by atoms with Crippen LogP contribution in [0.25, 0.3) is 0 Å². The Bertz CT molecular complexity index is 655. The Balaban J connectivity index is 1.89. The molecule has 2 rings (SSSR count). The predicted molar refractivity (Wildman–Crippen MR) is 81.3 cm³/mol. The highest BCUT2D eigenvalue weighted by atomic mass is 16.5. The van der Waals surface area contributed by atoms with Crippen LogP contribution < -0.4 is 5.32 Å². The van der Waals surface area contributed by atoms with Gasteiger partial charge in [-0.15, -0.1) is 0 Å². The molecule has 1 atom stereocenters. The smallest absolute Gasteiger partial charge is 0.342 e. The first kappa shape index (κ1) is 15.6. The Labute approximate surface area is 128 Å². The van der Waals surface area contributed by atoms with Crippen molar-refractivity contribution in [1.82, 2.24) is 5.32 Å². The van der Waals surface area contributed by atoms with E-state index < -0.39 is 18.0 Å². The minimum absolute atomic E-state index is 0.0326. The zero-order valence-corrected chi connectivity index (χ0v) is 12.2. The minimum Gasteiger partial charge on any atom is -0.507 e. The van der Waals surface area contributed by atoms with Crippen molar-refractivity contribution in [2.24, 2.45) is 0 Å². The summed E-state index contributed by atoms with van der Waals surface area (Å²) in [7, 11) is 0. The molecular formula is C17H17NO4. The van der Waals surface area contributed by atoms with Gasteiger partial charge in [0.1, 0.15) is 11.3 Å². The average Bonchev–Trinajstić information content (AvgIpc) is 2.53. The maximum atomic E-state index is 11.9. The summed E-state index contributed by atoms with van der Waals surface area (Å²) in [6, 6.07) is 15.5. The van der Waals surface area contributed by atoms with Crippen LogP contribution >= 0.6 is 0 Å². The highest BCUT2D eigenvalue weighted by molar-refractivity contribution is 5.94. The summed E-state index contributed by atoms with van der Waals surface area (Å²) in [5, 5.41) is 12.3. The van der Waals surface area contributed by atoms with E-state index in [1.165, 1.54) is 19.1 Å². The molecule has 0 aliphatic rings. The normalized spacial score (nSPS) is 11.5. The molecule has 1 amide bonds. The number of carbonyl (C=O) groups excluding carboxylic acids is 2. The molecule has 0 radical (unpaired) electrons. The van der Waals surface area contributed by atoms with Gasteiger partial charge < -0.3 is 15.2 Å². The fourth-order valence-electron chi connectivity index (χ4n) is 1.85. The van der Waals surface area contributed by atoms with Crippen LogP contribution in [-0.2, 0) is 16.1 Å². The molecule has 0 aromatic heterocycles. The third kappa shape index (κ3) is 4.09. The molecule has 2 aromatic carbocycles. The van der Waals surface area contributed by atoms with Gasteiger partial charge in [-0.2, -0.15) is 0 Å². The van der Waals surface area contributed by atoms with E-state index in [1.807, 2.05) is 30.3 Å². The molecule has 0 fully saturated rings. The second-order valence-corrected chi connectivity index (χ2v) is 4.77. The van der Waals surface area contributed by atoms with E-state index >= 15 is 0 Å². The third-order valence-electron chi connectivity index (χ3n) is 3.09. The zero-order valence-electron chi connectivity index (χ0n) is 12.2. The van der Waals surface area contributed by atoms with Crippen molar-refractivity contribution >= 4 is 11.9 Å². The van der Waals surface area contributed by atoms with Gasteiger partial charge in [0.05, 0.1) is 0 Å². The van der Waals surface area contributed by atoms with Crippen LogP contribution in [0.3, 0.4) is 0 Å². The molecule has 0 aliphatic carbocycles. The standard InChI is InChI=1S/C17H17NO4/c1-12(16(20)18-11-13-7-3-2-4-8-13)22-17(21)14-9-5-6-10-15(14)19/h2-10,12,19H,11H2,1H3,(H,18,20)/t12-/m0/s1. The first-order valence-corrected chi connectivity index (χ1v) is 6.88. The van der Waals surface area contributed by atoms with Gasteiger partial charge in [0.25, 0.3) is 5.91 Å². The number of ether oxygens (including phenoxy) is 1. The summed E-state index contributed by atoms with van der Waals surface area (Å²) in [4.78, 5) is 23.8. The van der Waals surface area contributed by atoms with Crippen molar-refractivity contribution in [1.29, 1.82) is 0 Å². The number of phenols is 1. The van der Waals surface area contributed by atoms with Gasteiger partial charge in [-0.3, -0.25) is 4.79 Å². The maximum absolute atomic E-state index is 11.9. The zero-order chi connectivity index (χ0) is 15.9. The Morgan fingerprint density at radius 1 is 1.09 bits per heavy atom. The van der Waals surface area contributed by atoms with Gasteiger partial charge in [0.15, 0.2) is 6.10 Å². The number of hydrogen-bond acceptors (Lipinski definition) is 4. The monoisotopic (exact) mass is 299 g/mol. The fraction of sp³-hybridized carbons (Fsp3) is 0.176. The van der Waals surface area contributed by atoms with E-state index in [2.05, 4.69) is 5.32 Å². The SMILES string of the molecule is C[C@H](OC(=O)c1ccccc1O)C(=O)NCc1ccccc1. The van der Waals surface area contributed by atoms with Gasteiger partial charge >= 0.3 is 5.97 Å². The number of esters is 1. The van der Waals surface area contributed by atoms with E-state index in [4.69, 9.17) is 4.74 Å². The molecule has 2 N–H and O–H groups in total. The largest absolute Gasteiger partial charge is 0.507 e. The van der Waals surface area contributed by atoms with Crippen LogP contribution in [0.5, 0.6) is 5.75 Å². The van der Waals surface area contributed by atoms with Crippen molar-refractivity contribution in [2.45, 2.75) is 19.6 Å². The summed E-state index contributed by atoms with van der Waals surface area (Å²) in [6.07, 6.45) is -0.948. The molecule has 5 nitrogen and oxygen atoms in total. The molecular weight excluding hydrogens is 282 g/mol. The maximum Gasteiger partial charge on any atom is 0.342 e. The number of hydrogen-bond donors (Lipinski definition) is 2. The molecule has 0 unspecified atom stereocenters. The quantitative estimate of drug-likeness (QED) is 0.830. The number of nitrogens with one attached hydrogen (secondary N) is 1. The van der Waals surface area contributed by atoms with Crippen LogP contribution in [0.4, 0.5) is 0 Å². The lowest BCUT2D eigenvalue weighted by Crippen LogP contribution is -2.35. The number of para-hydroxylation sites is 1. The van der Waals surface area contributed by atoms with Gasteiger partial charge in [-0.05, 0) is 24.6 Å². The van der Waals surface area contributed by atoms with E-state index in [-0.39, 0.29) is 11.3 Å². The average molecular weight is 299 g/mol. The topological polar surface area (TPSA) is 75.6 Å². The van der Waals surface area contributed by atoms with Crippen LogP contribution in [0, 0.1) is 0 Å². The molecule has 2 aromatic rings.